The highest BCUT2D eigenvalue weighted by atomic mass is 32.2. The number of piperazine rings is 1. The number of nitrogens with zero attached hydrogens (tertiary/aromatic N) is 4. The molecule has 0 aromatic heterocycles. The zero-order chi connectivity index (χ0) is 18.6. The normalized spacial score (nSPS) is 24.9. The van der Waals surface area contributed by atoms with Gasteiger partial charge in [-0.25, -0.2) is 0 Å². The van der Waals surface area contributed by atoms with Gasteiger partial charge in [0.15, 0.2) is 0 Å². The maximum absolute atomic E-state index is 12.4. The molecule has 27 heavy (non-hydrogen) atoms. The highest BCUT2D eigenvalue weighted by molar-refractivity contribution is 8.00. The number of benzene rings is 1. The molecule has 3 heterocycles. The summed E-state index contributed by atoms with van der Waals surface area (Å²) >= 11 is 1.78. The number of hydrogen-bond acceptors (Lipinski definition) is 5. The summed E-state index contributed by atoms with van der Waals surface area (Å²) in [5.41, 5.74) is 2.60. The Balaban J connectivity index is 1.32. The molecule has 1 atom stereocenters. The van der Waals surface area contributed by atoms with Gasteiger partial charge in [-0.1, -0.05) is 12.1 Å². The van der Waals surface area contributed by atoms with Crippen LogP contribution in [0.1, 0.15) is 30.2 Å². The molecular weight excluding hydrogens is 356 g/mol. The van der Waals surface area contributed by atoms with Crippen LogP contribution in [0.3, 0.4) is 0 Å². The topological polar surface area (TPSA) is 30.0 Å². The lowest BCUT2D eigenvalue weighted by Crippen LogP contribution is -2.45. The van der Waals surface area contributed by atoms with Crippen LogP contribution in [0.4, 0.5) is 5.69 Å². The summed E-state index contributed by atoms with van der Waals surface area (Å²) in [7, 11) is 2.19. The first-order chi connectivity index (χ1) is 13.2. The molecule has 0 saturated carbocycles. The van der Waals surface area contributed by atoms with Crippen molar-refractivity contribution in [3.8, 4) is 0 Å². The van der Waals surface area contributed by atoms with Crippen LogP contribution in [0.15, 0.2) is 24.3 Å². The molecule has 6 heteroatoms. The van der Waals surface area contributed by atoms with E-state index in [-0.39, 0.29) is 5.37 Å². The summed E-state index contributed by atoms with van der Waals surface area (Å²) in [4.78, 5) is 21.9. The summed E-state index contributed by atoms with van der Waals surface area (Å²) in [6, 6.07) is 8.95. The largest absolute Gasteiger partial charge is 0.372 e. The molecule has 0 radical (unpaired) electrons. The van der Waals surface area contributed by atoms with E-state index in [4.69, 9.17) is 0 Å². The van der Waals surface area contributed by atoms with E-state index in [1.165, 1.54) is 37.2 Å². The molecule has 0 bridgehead atoms. The molecule has 1 aromatic rings. The fourth-order valence-corrected chi connectivity index (χ4v) is 5.55. The zero-order valence-corrected chi connectivity index (χ0v) is 17.3. The van der Waals surface area contributed by atoms with E-state index in [1.807, 2.05) is 0 Å². The van der Waals surface area contributed by atoms with E-state index in [0.717, 1.165) is 45.7 Å². The van der Waals surface area contributed by atoms with E-state index >= 15 is 0 Å². The molecule has 1 aromatic carbocycles. The van der Waals surface area contributed by atoms with Crippen molar-refractivity contribution in [1.29, 1.82) is 0 Å². The Bertz CT molecular complexity index is 624. The molecule has 0 N–H and O–H groups in total. The van der Waals surface area contributed by atoms with Crippen LogP contribution in [0.25, 0.3) is 0 Å². The Hall–Kier alpha value is -1.24. The lowest BCUT2D eigenvalue weighted by Gasteiger charge is -2.33. The highest BCUT2D eigenvalue weighted by Gasteiger charge is 2.32. The van der Waals surface area contributed by atoms with E-state index < -0.39 is 0 Å². The van der Waals surface area contributed by atoms with E-state index in [0.29, 0.717) is 11.7 Å². The van der Waals surface area contributed by atoms with Crippen LogP contribution in [-0.2, 0) is 4.79 Å². The summed E-state index contributed by atoms with van der Waals surface area (Å²) in [6.45, 7) is 8.94. The van der Waals surface area contributed by atoms with Gasteiger partial charge in [-0.2, -0.15) is 0 Å². The molecule has 0 spiro atoms. The van der Waals surface area contributed by atoms with Gasteiger partial charge in [0.2, 0.25) is 5.91 Å². The average molecular weight is 389 g/mol. The van der Waals surface area contributed by atoms with Crippen molar-refractivity contribution in [2.75, 3.05) is 70.1 Å². The summed E-state index contributed by atoms with van der Waals surface area (Å²) in [6.07, 6.45) is 3.67. The molecule has 4 rings (SSSR count). The van der Waals surface area contributed by atoms with Crippen molar-refractivity contribution in [2.45, 2.75) is 24.6 Å². The van der Waals surface area contributed by atoms with Gasteiger partial charge in [0.05, 0.1) is 5.75 Å². The monoisotopic (exact) mass is 388 g/mol. The molecule has 148 valence electrons. The Morgan fingerprint density at radius 1 is 0.963 bits per heavy atom. The lowest BCUT2D eigenvalue weighted by molar-refractivity contribution is -0.128. The van der Waals surface area contributed by atoms with Gasteiger partial charge in [-0.3, -0.25) is 4.79 Å². The fourth-order valence-electron chi connectivity index (χ4n) is 4.33. The van der Waals surface area contributed by atoms with Gasteiger partial charge < -0.3 is 19.6 Å². The van der Waals surface area contributed by atoms with Crippen LogP contribution in [0.2, 0.25) is 0 Å². The first-order valence-electron chi connectivity index (χ1n) is 10.4. The van der Waals surface area contributed by atoms with E-state index in [1.54, 1.807) is 11.8 Å². The van der Waals surface area contributed by atoms with Crippen LogP contribution in [0, 0.1) is 0 Å². The van der Waals surface area contributed by atoms with Gasteiger partial charge in [-0.05, 0) is 50.6 Å². The number of carbonyl (C=O) groups excluding carboxylic acids is 1. The number of likely N-dealkylation sites (N-methyl/N-ethyl adjacent to an activating group) is 1. The standard InChI is InChI=1S/C21H32N4OS/c1-22-13-15-23(16-14-22)9-4-12-25-20(26)17-27-21(25)18-5-7-19(8-6-18)24-10-2-3-11-24/h5-8,21H,2-4,9-17H2,1H3. The number of carbonyl (C=O) groups is 1. The van der Waals surface area contributed by atoms with Gasteiger partial charge in [0.25, 0.3) is 0 Å². The zero-order valence-electron chi connectivity index (χ0n) is 16.5. The van der Waals surface area contributed by atoms with Gasteiger partial charge in [0, 0.05) is 51.5 Å². The molecule has 0 aliphatic carbocycles. The number of rotatable bonds is 6. The second-order valence-electron chi connectivity index (χ2n) is 8.03. The number of thioether (sulfide) groups is 1. The van der Waals surface area contributed by atoms with Gasteiger partial charge in [0.1, 0.15) is 5.37 Å². The Morgan fingerprint density at radius 3 is 2.37 bits per heavy atom. The SMILES string of the molecule is CN1CCN(CCCN2C(=O)CSC2c2ccc(N3CCCC3)cc2)CC1. The smallest absolute Gasteiger partial charge is 0.233 e. The molecular formula is C21H32N4OS. The predicted molar refractivity (Wildman–Crippen MR) is 113 cm³/mol. The third-order valence-electron chi connectivity index (χ3n) is 6.09. The summed E-state index contributed by atoms with van der Waals surface area (Å²) in [5, 5.41) is 0.192. The molecule has 3 fully saturated rings. The Morgan fingerprint density at radius 2 is 1.67 bits per heavy atom. The van der Waals surface area contributed by atoms with Crippen LogP contribution >= 0.6 is 11.8 Å². The second-order valence-corrected chi connectivity index (χ2v) is 9.10. The van der Waals surface area contributed by atoms with Crippen molar-refractivity contribution in [3.63, 3.8) is 0 Å². The van der Waals surface area contributed by atoms with Gasteiger partial charge in [-0.15, -0.1) is 11.8 Å². The first-order valence-corrected chi connectivity index (χ1v) is 11.4. The second kappa shape index (κ2) is 8.84. The maximum Gasteiger partial charge on any atom is 0.233 e. The quantitative estimate of drug-likeness (QED) is 0.747. The highest BCUT2D eigenvalue weighted by Crippen LogP contribution is 2.39. The first kappa shape index (κ1) is 19.1. The number of hydrogen-bond donors (Lipinski definition) is 0. The van der Waals surface area contributed by atoms with Crippen LogP contribution < -0.4 is 4.90 Å². The van der Waals surface area contributed by atoms with E-state index in [9.17, 15) is 4.79 Å². The maximum atomic E-state index is 12.4. The molecule has 3 aliphatic rings. The third-order valence-corrected chi connectivity index (χ3v) is 7.34. The predicted octanol–water partition coefficient (Wildman–Crippen LogP) is 2.50. The molecule has 1 unspecified atom stereocenters. The van der Waals surface area contributed by atoms with Crippen LogP contribution in [-0.4, -0.2) is 85.8 Å². The average Bonchev–Trinajstić information content (AvgIpc) is 3.34. The van der Waals surface area contributed by atoms with Gasteiger partial charge >= 0.3 is 0 Å². The van der Waals surface area contributed by atoms with E-state index in [2.05, 4.69) is 50.9 Å². The Kier molecular flexibility index (Phi) is 6.25. The summed E-state index contributed by atoms with van der Waals surface area (Å²) < 4.78 is 0. The minimum absolute atomic E-state index is 0.192. The molecule has 1 amide bonds. The molecule has 3 aliphatic heterocycles. The lowest BCUT2D eigenvalue weighted by atomic mass is 10.1. The number of anilines is 1. The van der Waals surface area contributed by atoms with Crippen molar-refractivity contribution in [3.05, 3.63) is 29.8 Å². The van der Waals surface area contributed by atoms with Crippen molar-refractivity contribution >= 4 is 23.4 Å². The fraction of sp³-hybridized carbons (Fsp3) is 0.667. The third kappa shape index (κ3) is 4.61. The van der Waals surface area contributed by atoms with Crippen molar-refractivity contribution in [1.82, 2.24) is 14.7 Å². The number of amides is 1. The van der Waals surface area contributed by atoms with Crippen molar-refractivity contribution < 1.29 is 4.79 Å². The molecule has 3 saturated heterocycles. The minimum Gasteiger partial charge on any atom is -0.372 e. The van der Waals surface area contributed by atoms with Crippen LogP contribution in [0.5, 0.6) is 0 Å². The molecule has 5 nitrogen and oxygen atoms in total. The minimum atomic E-state index is 0.192. The Labute approximate surface area is 167 Å². The summed E-state index contributed by atoms with van der Waals surface area (Å²) in [5.74, 6) is 0.916. The van der Waals surface area contributed by atoms with Crippen molar-refractivity contribution in [2.24, 2.45) is 0 Å².